The van der Waals surface area contributed by atoms with Crippen LogP contribution < -0.4 is 5.32 Å². The molecule has 0 aliphatic carbocycles. The summed E-state index contributed by atoms with van der Waals surface area (Å²) < 4.78 is 9.28. The minimum absolute atomic E-state index is 0.102. The second-order valence-electron chi connectivity index (χ2n) is 3.73. The predicted octanol–water partition coefficient (Wildman–Crippen LogP) is 0.896. The standard InChI is InChI=1S/C13H15NO5/c1-8(15)14-7-9-5-4-6-10(12(16)18-2)11(9)13(17)19-3/h4-6H,7H2,1-3H3,(H,14,15). The van der Waals surface area contributed by atoms with Crippen molar-refractivity contribution in [1.82, 2.24) is 5.32 Å². The largest absolute Gasteiger partial charge is 0.465 e. The van der Waals surface area contributed by atoms with Gasteiger partial charge in [0.1, 0.15) is 0 Å². The number of hydrogen-bond acceptors (Lipinski definition) is 5. The van der Waals surface area contributed by atoms with E-state index in [4.69, 9.17) is 0 Å². The summed E-state index contributed by atoms with van der Waals surface area (Å²) in [4.78, 5) is 34.3. The lowest BCUT2D eigenvalue weighted by molar-refractivity contribution is -0.119. The SMILES string of the molecule is COC(=O)c1cccc(CNC(C)=O)c1C(=O)OC. The highest BCUT2D eigenvalue weighted by molar-refractivity contribution is 6.04. The van der Waals surface area contributed by atoms with E-state index in [0.29, 0.717) is 5.56 Å². The van der Waals surface area contributed by atoms with Crippen LogP contribution in [0.2, 0.25) is 0 Å². The molecule has 0 atom stereocenters. The first-order chi connectivity index (χ1) is 9.01. The molecule has 0 aliphatic heterocycles. The minimum atomic E-state index is -0.652. The normalized spacial score (nSPS) is 9.63. The first kappa shape index (κ1) is 14.7. The summed E-state index contributed by atoms with van der Waals surface area (Å²) in [7, 11) is 2.45. The van der Waals surface area contributed by atoms with E-state index in [9.17, 15) is 14.4 Å². The Kier molecular flexibility index (Phi) is 5.05. The Balaban J connectivity index is 3.25. The Bertz CT molecular complexity index is 510. The van der Waals surface area contributed by atoms with Gasteiger partial charge in [0, 0.05) is 13.5 Å². The molecule has 0 aromatic heterocycles. The van der Waals surface area contributed by atoms with Crippen molar-refractivity contribution in [2.75, 3.05) is 14.2 Å². The van der Waals surface area contributed by atoms with Gasteiger partial charge in [0.2, 0.25) is 5.91 Å². The summed E-state index contributed by atoms with van der Waals surface area (Å²) in [6, 6.07) is 4.71. The fourth-order valence-corrected chi connectivity index (χ4v) is 1.59. The molecule has 1 amide bonds. The third-order valence-electron chi connectivity index (χ3n) is 2.47. The fraction of sp³-hybridized carbons (Fsp3) is 0.308. The van der Waals surface area contributed by atoms with Gasteiger partial charge < -0.3 is 14.8 Å². The summed E-state index contributed by atoms with van der Waals surface area (Å²) in [5.41, 5.74) is 0.702. The first-order valence-electron chi connectivity index (χ1n) is 5.54. The third kappa shape index (κ3) is 3.54. The van der Waals surface area contributed by atoms with E-state index in [-0.39, 0.29) is 23.6 Å². The van der Waals surface area contributed by atoms with Gasteiger partial charge >= 0.3 is 11.9 Å². The lowest BCUT2D eigenvalue weighted by atomic mass is 10.0. The van der Waals surface area contributed by atoms with E-state index in [2.05, 4.69) is 14.8 Å². The van der Waals surface area contributed by atoms with Crippen molar-refractivity contribution in [2.24, 2.45) is 0 Å². The number of rotatable bonds is 4. The van der Waals surface area contributed by atoms with Gasteiger partial charge in [-0.2, -0.15) is 0 Å². The number of benzene rings is 1. The topological polar surface area (TPSA) is 81.7 Å². The van der Waals surface area contributed by atoms with Crippen LogP contribution in [0.5, 0.6) is 0 Å². The number of nitrogens with one attached hydrogen (secondary N) is 1. The van der Waals surface area contributed by atoms with E-state index in [1.165, 1.54) is 27.2 Å². The van der Waals surface area contributed by atoms with Crippen LogP contribution in [0.25, 0.3) is 0 Å². The van der Waals surface area contributed by atoms with Crippen LogP contribution in [-0.4, -0.2) is 32.1 Å². The molecule has 102 valence electrons. The molecule has 0 fully saturated rings. The number of amides is 1. The van der Waals surface area contributed by atoms with Gasteiger partial charge in [-0.3, -0.25) is 4.79 Å². The number of ether oxygens (including phenoxy) is 2. The average Bonchev–Trinajstić information content (AvgIpc) is 2.42. The van der Waals surface area contributed by atoms with E-state index in [1.807, 2.05) is 0 Å². The van der Waals surface area contributed by atoms with E-state index in [1.54, 1.807) is 12.1 Å². The molecular formula is C13H15NO5. The summed E-state index contributed by atoms with van der Waals surface area (Å²) in [5, 5.41) is 2.57. The Labute approximate surface area is 110 Å². The van der Waals surface area contributed by atoms with Crippen LogP contribution in [0.15, 0.2) is 18.2 Å². The second kappa shape index (κ2) is 6.53. The fourth-order valence-electron chi connectivity index (χ4n) is 1.59. The Morgan fingerprint density at radius 3 is 2.26 bits per heavy atom. The molecule has 0 saturated heterocycles. The summed E-state index contributed by atoms with van der Waals surface area (Å²) in [5.74, 6) is -1.52. The van der Waals surface area contributed by atoms with Crippen molar-refractivity contribution in [2.45, 2.75) is 13.5 Å². The summed E-state index contributed by atoms with van der Waals surface area (Å²) in [6.45, 7) is 1.49. The maximum atomic E-state index is 11.8. The molecule has 0 bridgehead atoms. The molecular weight excluding hydrogens is 250 g/mol. The Morgan fingerprint density at radius 1 is 1.11 bits per heavy atom. The number of carbonyl (C=O) groups excluding carboxylic acids is 3. The lowest BCUT2D eigenvalue weighted by Gasteiger charge is -2.12. The molecule has 0 aliphatic rings. The van der Waals surface area contributed by atoms with Crippen LogP contribution >= 0.6 is 0 Å². The Morgan fingerprint density at radius 2 is 1.74 bits per heavy atom. The van der Waals surface area contributed by atoms with Crippen LogP contribution in [0, 0.1) is 0 Å². The van der Waals surface area contributed by atoms with Gasteiger partial charge in [-0.25, -0.2) is 9.59 Å². The van der Waals surface area contributed by atoms with Gasteiger partial charge in [-0.05, 0) is 11.6 Å². The second-order valence-corrected chi connectivity index (χ2v) is 3.73. The van der Waals surface area contributed by atoms with Gasteiger partial charge in [-0.15, -0.1) is 0 Å². The van der Waals surface area contributed by atoms with E-state index >= 15 is 0 Å². The van der Waals surface area contributed by atoms with E-state index < -0.39 is 11.9 Å². The van der Waals surface area contributed by atoms with Crippen molar-refractivity contribution < 1.29 is 23.9 Å². The molecule has 0 unspecified atom stereocenters. The van der Waals surface area contributed by atoms with Crippen molar-refractivity contribution in [3.8, 4) is 0 Å². The maximum Gasteiger partial charge on any atom is 0.339 e. The molecule has 19 heavy (non-hydrogen) atoms. The third-order valence-corrected chi connectivity index (χ3v) is 2.47. The highest BCUT2D eigenvalue weighted by Gasteiger charge is 2.21. The average molecular weight is 265 g/mol. The Hall–Kier alpha value is -2.37. The summed E-state index contributed by atoms with van der Waals surface area (Å²) in [6.07, 6.45) is 0. The zero-order valence-electron chi connectivity index (χ0n) is 11.0. The van der Waals surface area contributed by atoms with Crippen LogP contribution in [0.4, 0.5) is 0 Å². The van der Waals surface area contributed by atoms with Crippen molar-refractivity contribution in [3.05, 3.63) is 34.9 Å². The number of carbonyl (C=O) groups is 3. The van der Waals surface area contributed by atoms with Gasteiger partial charge in [0.15, 0.2) is 0 Å². The van der Waals surface area contributed by atoms with E-state index in [0.717, 1.165) is 0 Å². The van der Waals surface area contributed by atoms with Crippen LogP contribution in [-0.2, 0) is 20.8 Å². The van der Waals surface area contributed by atoms with Gasteiger partial charge in [0.25, 0.3) is 0 Å². The first-order valence-corrected chi connectivity index (χ1v) is 5.54. The highest BCUT2D eigenvalue weighted by atomic mass is 16.5. The zero-order chi connectivity index (χ0) is 14.4. The zero-order valence-corrected chi connectivity index (χ0v) is 11.0. The number of hydrogen-bond donors (Lipinski definition) is 1. The number of methoxy groups -OCH3 is 2. The lowest BCUT2D eigenvalue weighted by Crippen LogP contribution is -2.22. The molecule has 0 saturated carbocycles. The summed E-state index contributed by atoms with van der Waals surface area (Å²) >= 11 is 0. The highest BCUT2D eigenvalue weighted by Crippen LogP contribution is 2.17. The maximum absolute atomic E-state index is 11.8. The molecule has 1 aromatic carbocycles. The van der Waals surface area contributed by atoms with Crippen LogP contribution in [0.1, 0.15) is 33.2 Å². The monoisotopic (exact) mass is 265 g/mol. The molecule has 6 nitrogen and oxygen atoms in total. The van der Waals surface area contributed by atoms with Gasteiger partial charge in [-0.1, -0.05) is 12.1 Å². The molecule has 1 rings (SSSR count). The minimum Gasteiger partial charge on any atom is -0.465 e. The quantitative estimate of drug-likeness (QED) is 0.818. The smallest absolute Gasteiger partial charge is 0.339 e. The van der Waals surface area contributed by atoms with Crippen LogP contribution in [0.3, 0.4) is 0 Å². The molecule has 0 heterocycles. The predicted molar refractivity (Wildman–Crippen MR) is 66.6 cm³/mol. The molecule has 1 aromatic rings. The number of esters is 2. The van der Waals surface area contributed by atoms with Crippen molar-refractivity contribution in [3.63, 3.8) is 0 Å². The van der Waals surface area contributed by atoms with Crippen molar-refractivity contribution >= 4 is 17.8 Å². The van der Waals surface area contributed by atoms with Crippen molar-refractivity contribution in [1.29, 1.82) is 0 Å². The molecule has 0 radical (unpaired) electrons. The molecule has 6 heteroatoms. The van der Waals surface area contributed by atoms with Gasteiger partial charge in [0.05, 0.1) is 25.3 Å². The molecule has 0 spiro atoms. The molecule has 1 N–H and O–H groups in total.